The maximum Gasteiger partial charge on any atom is 0.338 e. The fraction of sp³-hybridized carbons (Fsp3) is 0.333. The lowest BCUT2D eigenvalue weighted by Gasteiger charge is -2.14. The van der Waals surface area contributed by atoms with E-state index in [0.29, 0.717) is 23.5 Å². The Morgan fingerprint density at radius 2 is 1.48 bits per heavy atom. The Morgan fingerprint density at radius 3 is 1.94 bits per heavy atom. The van der Waals surface area contributed by atoms with Crippen LogP contribution in [0.2, 0.25) is 0 Å². The van der Waals surface area contributed by atoms with Gasteiger partial charge in [-0.05, 0) is 62.4 Å². The maximum atomic E-state index is 11.6. The van der Waals surface area contributed by atoms with E-state index in [1.165, 1.54) is 29.2 Å². The first-order valence-corrected chi connectivity index (χ1v) is 11.2. The van der Waals surface area contributed by atoms with Crippen molar-refractivity contribution in [3.63, 3.8) is 0 Å². The van der Waals surface area contributed by atoms with E-state index in [1.54, 1.807) is 24.3 Å². The molecule has 31 heavy (non-hydrogen) atoms. The summed E-state index contributed by atoms with van der Waals surface area (Å²) in [6.07, 6.45) is 0. The number of rotatable bonds is 7. The number of likely N-dealkylation sites (N-methyl/N-ethyl adjacent to an activating group) is 1. The van der Waals surface area contributed by atoms with Gasteiger partial charge in [0.05, 0.1) is 18.7 Å². The molecule has 0 aliphatic rings. The van der Waals surface area contributed by atoms with Gasteiger partial charge in [-0.25, -0.2) is 4.79 Å². The largest absolute Gasteiger partial charge is 0.760 e. The van der Waals surface area contributed by atoms with Crippen LogP contribution in [0.3, 0.4) is 0 Å². The zero-order valence-electron chi connectivity index (χ0n) is 18.0. The highest BCUT2D eigenvalue weighted by atomic mass is 32.2. The normalized spacial score (nSPS) is 12.3. The van der Waals surface area contributed by atoms with Crippen LogP contribution in [-0.2, 0) is 19.5 Å². The molecule has 2 aromatic carbocycles. The van der Waals surface area contributed by atoms with Crippen LogP contribution in [0, 0.1) is 0 Å². The quantitative estimate of drug-likeness (QED) is 0.422. The summed E-state index contributed by atoms with van der Waals surface area (Å²) in [5, 5.41) is 0. The maximum absolute atomic E-state index is 11.6. The number of hydrogen-bond donors (Lipinski definition) is 3. The highest BCUT2D eigenvalue weighted by Crippen LogP contribution is 2.13. The average molecular weight is 451 g/mol. The lowest BCUT2D eigenvalue weighted by Crippen LogP contribution is -3.11. The fourth-order valence-corrected chi connectivity index (χ4v) is 3.38. The van der Waals surface area contributed by atoms with Gasteiger partial charge in [0, 0.05) is 33.2 Å². The number of quaternary nitrogens is 1. The van der Waals surface area contributed by atoms with Crippen molar-refractivity contribution >= 4 is 33.3 Å². The zero-order valence-corrected chi connectivity index (χ0v) is 18.8. The number of amides is 1. The van der Waals surface area contributed by atoms with Crippen LogP contribution in [0.5, 0.6) is 0 Å². The van der Waals surface area contributed by atoms with Crippen molar-refractivity contribution in [2.45, 2.75) is 25.7 Å². The van der Waals surface area contributed by atoms with E-state index >= 15 is 0 Å². The molecule has 0 heterocycles. The molecule has 0 bridgehead atoms. The minimum absolute atomic E-state index is 0.0399. The first kappa shape index (κ1) is 26.1. The first-order valence-electron chi connectivity index (χ1n) is 9.79. The highest BCUT2D eigenvalue weighted by molar-refractivity contribution is 7.88. The molecule has 0 spiro atoms. The number of nitrogens with zero attached hydrogens (tertiary/aromatic N) is 1. The summed E-state index contributed by atoms with van der Waals surface area (Å²) in [5.74, 6) is -1.03. The zero-order chi connectivity index (χ0) is 23.4. The number of carbonyl (C=O) groups is 2. The molecule has 170 valence electrons. The molecule has 0 aromatic heterocycles. The summed E-state index contributed by atoms with van der Waals surface area (Å²) in [5.41, 5.74) is 12.6. The van der Waals surface area contributed by atoms with Gasteiger partial charge in [0.2, 0.25) is 5.91 Å². The number of nitrogen functional groups attached to an aromatic ring is 2. The van der Waals surface area contributed by atoms with E-state index in [9.17, 15) is 18.4 Å². The Bertz CT molecular complexity index is 964. The van der Waals surface area contributed by atoms with Gasteiger partial charge in [-0.1, -0.05) is 0 Å². The molecule has 1 amide bonds. The third kappa shape index (κ3) is 9.60. The van der Waals surface area contributed by atoms with Crippen molar-refractivity contribution in [1.29, 1.82) is 0 Å². The predicted molar refractivity (Wildman–Crippen MR) is 119 cm³/mol. The monoisotopic (exact) mass is 450 g/mol. The molecule has 0 radical (unpaired) electrons. The fourth-order valence-electron chi connectivity index (χ4n) is 2.46. The summed E-state index contributed by atoms with van der Waals surface area (Å²) in [4.78, 5) is 23.6. The van der Waals surface area contributed by atoms with E-state index in [-0.39, 0.29) is 10.9 Å². The second-order valence-electron chi connectivity index (χ2n) is 6.62. The summed E-state index contributed by atoms with van der Waals surface area (Å²) >= 11 is 0. The second kappa shape index (κ2) is 12.7. The van der Waals surface area contributed by atoms with Gasteiger partial charge in [0.1, 0.15) is 13.2 Å². The molecular weight excluding hydrogens is 420 g/mol. The van der Waals surface area contributed by atoms with Crippen LogP contribution < -0.4 is 16.4 Å². The lowest BCUT2D eigenvalue weighted by atomic mass is 10.2. The van der Waals surface area contributed by atoms with E-state index in [0.717, 1.165) is 26.6 Å². The van der Waals surface area contributed by atoms with E-state index in [1.807, 2.05) is 0 Å². The third-order valence-corrected chi connectivity index (χ3v) is 5.63. The molecule has 0 aliphatic carbocycles. The van der Waals surface area contributed by atoms with Gasteiger partial charge >= 0.3 is 5.97 Å². The van der Waals surface area contributed by atoms with Crippen molar-refractivity contribution in [2.24, 2.45) is 4.36 Å². The van der Waals surface area contributed by atoms with Crippen LogP contribution in [0.15, 0.2) is 57.8 Å². The molecule has 9 nitrogen and oxygen atoms in total. The van der Waals surface area contributed by atoms with Crippen LogP contribution in [0.1, 0.15) is 31.1 Å². The molecule has 5 N–H and O–H groups in total. The molecule has 10 heteroatoms. The topological polar surface area (TPSA) is 152 Å². The standard InChI is InChI=1S/C13H20N2O2.C8H10N2O3S/c1-3-15(4-2)9-10-17-13(16)11-5-7-12(14)8-6-11;1-6(11)10-14(12,13)8-4-2-7(9)3-5-8/h5-8H,3-4,9-10,14H2,1-2H3;2-5H,9H2,1H3,(H,10,11,12,13). The van der Waals surface area contributed by atoms with E-state index in [4.69, 9.17) is 16.2 Å². The van der Waals surface area contributed by atoms with Gasteiger partial charge < -0.3 is 25.7 Å². The summed E-state index contributed by atoms with van der Waals surface area (Å²) in [7, 11) is -3.86. The SMILES string of the molecule is CC(=O)N=S(=O)([O-])c1ccc(N)cc1.CC[NH+](CC)CCOC(=O)c1ccc(N)cc1. The van der Waals surface area contributed by atoms with Crippen LogP contribution >= 0.6 is 0 Å². The number of esters is 1. The molecule has 0 saturated carbocycles. The minimum Gasteiger partial charge on any atom is -0.760 e. The second-order valence-corrected chi connectivity index (χ2v) is 8.22. The summed E-state index contributed by atoms with van der Waals surface area (Å²) in [6.45, 7) is 8.75. The average Bonchev–Trinajstić information content (AvgIpc) is 2.71. The number of nitrogens with one attached hydrogen (secondary N) is 1. The molecule has 1 unspecified atom stereocenters. The van der Waals surface area contributed by atoms with Crippen LogP contribution in [-0.4, -0.2) is 46.9 Å². The molecule has 0 fully saturated rings. The molecule has 0 saturated heterocycles. The van der Waals surface area contributed by atoms with Gasteiger partial charge in [0.25, 0.3) is 0 Å². The number of nitrogens with two attached hydrogens (primary N) is 2. The van der Waals surface area contributed by atoms with Gasteiger partial charge in [-0.15, -0.1) is 0 Å². The molecule has 1 atom stereocenters. The van der Waals surface area contributed by atoms with Gasteiger partial charge in [0.15, 0.2) is 0 Å². The number of carbonyl (C=O) groups excluding carboxylic acids is 2. The Balaban J connectivity index is 0.000000316. The Morgan fingerprint density at radius 1 is 1.00 bits per heavy atom. The minimum atomic E-state index is -3.86. The molecule has 2 aromatic rings. The molecular formula is C21H30N4O5S. The number of anilines is 2. The highest BCUT2D eigenvalue weighted by Gasteiger charge is 2.08. The Kier molecular flexibility index (Phi) is 10.7. The van der Waals surface area contributed by atoms with Gasteiger partial charge in [-0.2, -0.15) is 4.36 Å². The van der Waals surface area contributed by atoms with Crippen molar-refractivity contribution < 1.29 is 28.0 Å². The predicted octanol–water partition coefficient (Wildman–Crippen LogP) is 1.12. The number of hydrogen-bond acceptors (Lipinski definition) is 7. The van der Waals surface area contributed by atoms with Crippen LogP contribution in [0.25, 0.3) is 0 Å². The molecule has 2 rings (SSSR count). The van der Waals surface area contributed by atoms with E-state index < -0.39 is 15.9 Å². The number of ether oxygens (including phenoxy) is 1. The van der Waals surface area contributed by atoms with Crippen molar-refractivity contribution in [2.75, 3.05) is 37.7 Å². The van der Waals surface area contributed by atoms with Crippen molar-refractivity contribution in [3.05, 3.63) is 54.1 Å². The smallest absolute Gasteiger partial charge is 0.338 e. The molecule has 0 aliphatic heterocycles. The van der Waals surface area contributed by atoms with Crippen LogP contribution in [0.4, 0.5) is 11.4 Å². The lowest BCUT2D eigenvalue weighted by molar-refractivity contribution is -0.896. The Labute approximate surface area is 183 Å². The summed E-state index contributed by atoms with van der Waals surface area (Å²) in [6, 6.07) is 12.2. The number of benzene rings is 2. The summed E-state index contributed by atoms with van der Waals surface area (Å²) < 4.78 is 30.9. The van der Waals surface area contributed by atoms with E-state index in [2.05, 4.69) is 18.2 Å². The van der Waals surface area contributed by atoms with Gasteiger partial charge in [-0.3, -0.25) is 9.00 Å². The first-order chi connectivity index (χ1) is 14.6. The van der Waals surface area contributed by atoms with Crippen molar-refractivity contribution in [1.82, 2.24) is 0 Å². The third-order valence-electron chi connectivity index (χ3n) is 4.26. The van der Waals surface area contributed by atoms with Crippen molar-refractivity contribution in [3.8, 4) is 0 Å². The Hall–Kier alpha value is -2.95.